The van der Waals surface area contributed by atoms with Crippen molar-refractivity contribution in [1.29, 1.82) is 0 Å². The van der Waals surface area contributed by atoms with Crippen LogP contribution in [0.3, 0.4) is 0 Å². The van der Waals surface area contributed by atoms with Crippen molar-refractivity contribution in [3.63, 3.8) is 0 Å². The van der Waals surface area contributed by atoms with Gasteiger partial charge < -0.3 is 4.57 Å². The topological polar surface area (TPSA) is 17.8 Å². The van der Waals surface area contributed by atoms with E-state index in [4.69, 9.17) is 4.98 Å². The lowest BCUT2D eigenvalue weighted by Crippen LogP contribution is -2.05. The summed E-state index contributed by atoms with van der Waals surface area (Å²) in [7, 11) is 0. The maximum atomic E-state index is 5.11. The average Bonchev–Trinajstić information content (AvgIpc) is 3.11. The van der Waals surface area contributed by atoms with Crippen LogP contribution in [0, 0.1) is 0 Å². The molecule has 0 saturated heterocycles. The number of nitrogens with zero attached hydrogens (tertiary/aromatic N) is 2. The van der Waals surface area contributed by atoms with Crippen LogP contribution in [0.15, 0.2) is 91.0 Å². The SMILES string of the molecule is CC(C)n1c(-c2ccccc2)nc(-c2ccccc2)c1-c1ccccc1. The zero-order valence-corrected chi connectivity index (χ0v) is 15.1. The van der Waals surface area contributed by atoms with E-state index in [1.165, 1.54) is 11.3 Å². The number of benzene rings is 3. The van der Waals surface area contributed by atoms with Crippen molar-refractivity contribution in [3.8, 4) is 33.9 Å². The summed E-state index contributed by atoms with van der Waals surface area (Å²) in [5.41, 5.74) is 5.67. The fraction of sp³-hybridized carbons (Fsp3) is 0.125. The summed E-state index contributed by atoms with van der Waals surface area (Å²) in [5.74, 6) is 1.01. The molecule has 4 aromatic rings. The molecule has 128 valence electrons. The van der Waals surface area contributed by atoms with E-state index in [-0.39, 0.29) is 0 Å². The molecular formula is C24H22N2. The highest BCUT2D eigenvalue weighted by Crippen LogP contribution is 2.38. The molecule has 0 atom stereocenters. The number of imidazole rings is 1. The molecule has 0 spiro atoms. The first-order chi connectivity index (χ1) is 12.8. The van der Waals surface area contributed by atoms with Crippen LogP contribution in [0.4, 0.5) is 0 Å². The molecule has 26 heavy (non-hydrogen) atoms. The first kappa shape index (κ1) is 16.3. The molecule has 0 radical (unpaired) electrons. The van der Waals surface area contributed by atoms with Gasteiger partial charge in [-0.1, -0.05) is 91.0 Å². The van der Waals surface area contributed by atoms with Crippen molar-refractivity contribution in [3.05, 3.63) is 91.0 Å². The number of rotatable bonds is 4. The Morgan fingerprint density at radius 3 is 1.58 bits per heavy atom. The summed E-state index contributed by atoms with van der Waals surface area (Å²) in [6.07, 6.45) is 0. The molecule has 0 N–H and O–H groups in total. The van der Waals surface area contributed by atoms with Crippen molar-refractivity contribution < 1.29 is 0 Å². The molecule has 0 amide bonds. The predicted octanol–water partition coefficient (Wildman–Crippen LogP) is 6.47. The fourth-order valence-corrected chi connectivity index (χ4v) is 3.40. The fourth-order valence-electron chi connectivity index (χ4n) is 3.40. The summed E-state index contributed by atoms with van der Waals surface area (Å²) < 4.78 is 2.35. The molecule has 4 rings (SSSR count). The van der Waals surface area contributed by atoms with Crippen molar-refractivity contribution >= 4 is 0 Å². The largest absolute Gasteiger partial charge is 0.321 e. The Balaban J connectivity index is 2.05. The van der Waals surface area contributed by atoms with Gasteiger partial charge in [0.2, 0.25) is 0 Å². The first-order valence-corrected chi connectivity index (χ1v) is 9.04. The number of aromatic nitrogens is 2. The molecule has 0 aliphatic carbocycles. The van der Waals surface area contributed by atoms with Gasteiger partial charge in [-0.2, -0.15) is 0 Å². The summed E-state index contributed by atoms with van der Waals surface area (Å²) in [6, 6.07) is 31.7. The molecule has 3 aromatic carbocycles. The lowest BCUT2D eigenvalue weighted by Gasteiger charge is -2.17. The van der Waals surface area contributed by atoms with Gasteiger partial charge in [0.05, 0.1) is 11.4 Å². The maximum absolute atomic E-state index is 5.11. The zero-order valence-electron chi connectivity index (χ0n) is 15.1. The Hall–Kier alpha value is -3.13. The van der Waals surface area contributed by atoms with Crippen molar-refractivity contribution in [1.82, 2.24) is 9.55 Å². The van der Waals surface area contributed by atoms with Gasteiger partial charge in [0.25, 0.3) is 0 Å². The van der Waals surface area contributed by atoms with Gasteiger partial charge in [0, 0.05) is 22.7 Å². The van der Waals surface area contributed by atoms with Crippen LogP contribution in [-0.4, -0.2) is 9.55 Å². The normalized spacial score (nSPS) is 11.0. The Morgan fingerprint density at radius 2 is 1.08 bits per heavy atom. The minimum atomic E-state index is 0.297. The lowest BCUT2D eigenvalue weighted by molar-refractivity contribution is 0.612. The molecule has 2 heteroatoms. The second-order valence-corrected chi connectivity index (χ2v) is 6.69. The van der Waals surface area contributed by atoms with E-state index in [1.54, 1.807) is 0 Å². The van der Waals surface area contributed by atoms with Gasteiger partial charge >= 0.3 is 0 Å². The molecule has 1 aromatic heterocycles. The lowest BCUT2D eigenvalue weighted by atomic mass is 10.0. The molecule has 0 unspecified atom stereocenters. The highest BCUT2D eigenvalue weighted by Gasteiger charge is 2.22. The van der Waals surface area contributed by atoms with Crippen molar-refractivity contribution in [2.45, 2.75) is 19.9 Å². The quantitative estimate of drug-likeness (QED) is 0.417. The molecular weight excluding hydrogens is 316 g/mol. The van der Waals surface area contributed by atoms with Gasteiger partial charge in [0.15, 0.2) is 0 Å². The highest BCUT2D eigenvalue weighted by atomic mass is 15.1. The van der Waals surface area contributed by atoms with E-state index < -0.39 is 0 Å². The Labute approximate surface area is 154 Å². The average molecular weight is 338 g/mol. The molecule has 0 aliphatic rings. The van der Waals surface area contributed by atoms with Gasteiger partial charge in [-0.3, -0.25) is 0 Å². The van der Waals surface area contributed by atoms with E-state index in [2.05, 4.69) is 97.3 Å². The third kappa shape index (κ3) is 2.95. The van der Waals surface area contributed by atoms with Crippen LogP contribution >= 0.6 is 0 Å². The Kier molecular flexibility index (Phi) is 4.40. The highest BCUT2D eigenvalue weighted by molar-refractivity contribution is 5.82. The summed E-state index contributed by atoms with van der Waals surface area (Å²) in [6.45, 7) is 4.44. The Morgan fingerprint density at radius 1 is 0.615 bits per heavy atom. The van der Waals surface area contributed by atoms with Gasteiger partial charge in [-0.15, -0.1) is 0 Å². The van der Waals surface area contributed by atoms with Crippen molar-refractivity contribution in [2.24, 2.45) is 0 Å². The van der Waals surface area contributed by atoms with Crippen LogP contribution in [-0.2, 0) is 0 Å². The third-order valence-electron chi connectivity index (χ3n) is 4.55. The smallest absolute Gasteiger partial charge is 0.141 e. The Bertz CT molecular complexity index is 985. The van der Waals surface area contributed by atoms with Crippen LogP contribution in [0.25, 0.3) is 33.9 Å². The molecule has 1 heterocycles. The van der Waals surface area contributed by atoms with E-state index in [0.29, 0.717) is 6.04 Å². The molecule has 0 bridgehead atoms. The maximum Gasteiger partial charge on any atom is 0.141 e. The number of hydrogen-bond donors (Lipinski definition) is 0. The molecule has 0 aliphatic heterocycles. The zero-order chi connectivity index (χ0) is 17.9. The minimum absolute atomic E-state index is 0.297. The summed E-state index contributed by atoms with van der Waals surface area (Å²) in [4.78, 5) is 5.11. The third-order valence-corrected chi connectivity index (χ3v) is 4.55. The van der Waals surface area contributed by atoms with Crippen LogP contribution in [0.5, 0.6) is 0 Å². The second-order valence-electron chi connectivity index (χ2n) is 6.69. The second kappa shape index (κ2) is 7.01. The van der Waals surface area contributed by atoms with E-state index in [1.807, 2.05) is 12.1 Å². The summed E-state index contributed by atoms with van der Waals surface area (Å²) >= 11 is 0. The van der Waals surface area contributed by atoms with E-state index in [0.717, 1.165) is 22.6 Å². The van der Waals surface area contributed by atoms with Crippen LogP contribution < -0.4 is 0 Å². The first-order valence-electron chi connectivity index (χ1n) is 9.04. The van der Waals surface area contributed by atoms with Gasteiger partial charge in [-0.25, -0.2) is 4.98 Å². The standard InChI is InChI=1S/C24H22N2/c1-18(2)26-23(20-14-8-4-9-15-20)22(19-12-6-3-7-13-19)25-24(26)21-16-10-5-11-17-21/h3-18H,1-2H3. The molecule has 0 saturated carbocycles. The van der Waals surface area contributed by atoms with Crippen LogP contribution in [0.1, 0.15) is 19.9 Å². The van der Waals surface area contributed by atoms with E-state index in [9.17, 15) is 0 Å². The molecule has 2 nitrogen and oxygen atoms in total. The van der Waals surface area contributed by atoms with Crippen LogP contribution in [0.2, 0.25) is 0 Å². The van der Waals surface area contributed by atoms with Crippen molar-refractivity contribution in [2.75, 3.05) is 0 Å². The molecule has 0 fully saturated rings. The summed E-state index contributed by atoms with van der Waals surface area (Å²) in [5, 5.41) is 0. The monoisotopic (exact) mass is 338 g/mol. The van der Waals surface area contributed by atoms with Gasteiger partial charge in [-0.05, 0) is 13.8 Å². The van der Waals surface area contributed by atoms with Gasteiger partial charge in [0.1, 0.15) is 5.82 Å². The van der Waals surface area contributed by atoms with E-state index >= 15 is 0 Å². The predicted molar refractivity (Wildman–Crippen MR) is 109 cm³/mol. The minimum Gasteiger partial charge on any atom is -0.321 e. The number of hydrogen-bond acceptors (Lipinski definition) is 1.